The molecule has 0 radical (unpaired) electrons. The van der Waals surface area contributed by atoms with Gasteiger partial charge in [0.2, 0.25) is 17.7 Å². The number of aliphatic hydroxyl groups excluding tert-OH is 1. The van der Waals surface area contributed by atoms with Crippen LogP contribution in [-0.4, -0.2) is 85.3 Å². The minimum atomic E-state index is -0.795. The van der Waals surface area contributed by atoms with Gasteiger partial charge in [-0.05, 0) is 44.1 Å². The van der Waals surface area contributed by atoms with Crippen molar-refractivity contribution < 1.29 is 19.5 Å². The van der Waals surface area contributed by atoms with Gasteiger partial charge in [-0.15, -0.1) is 11.8 Å². The van der Waals surface area contributed by atoms with E-state index >= 15 is 0 Å². The topological polar surface area (TPSA) is 81.2 Å². The molecule has 5 rings (SSSR count). The average molecular weight is 608 g/mol. The maximum atomic E-state index is 14.8. The number of rotatable bonds is 10. The van der Waals surface area contributed by atoms with Gasteiger partial charge in [0.15, 0.2) is 0 Å². The van der Waals surface area contributed by atoms with Crippen molar-refractivity contribution in [1.29, 1.82) is 0 Å². The predicted octanol–water partition coefficient (Wildman–Crippen LogP) is 5.05. The highest BCUT2D eigenvalue weighted by Crippen LogP contribution is 2.61. The predicted molar refractivity (Wildman–Crippen MR) is 172 cm³/mol. The Balaban J connectivity index is 1.51. The van der Waals surface area contributed by atoms with Crippen LogP contribution in [0.2, 0.25) is 0 Å². The Morgan fingerprint density at radius 3 is 2.33 bits per heavy atom. The van der Waals surface area contributed by atoms with Crippen molar-refractivity contribution in [1.82, 2.24) is 14.7 Å². The second-order valence-electron chi connectivity index (χ2n) is 14.5. The van der Waals surface area contributed by atoms with E-state index in [9.17, 15) is 19.5 Å². The monoisotopic (exact) mass is 607 g/mol. The number of amides is 3. The summed E-state index contributed by atoms with van der Waals surface area (Å²) in [6.45, 7) is 13.0. The molecule has 4 aliphatic rings. The molecule has 1 aromatic carbocycles. The molecule has 0 aliphatic carbocycles. The molecule has 5 atom stereocenters. The van der Waals surface area contributed by atoms with E-state index in [1.807, 2.05) is 45.0 Å². The van der Waals surface area contributed by atoms with E-state index in [0.717, 1.165) is 37.7 Å². The summed E-state index contributed by atoms with van der Waals surface area (Å²) in [5, 5.41) is 9.08. The SMILES string of the molecule is CC(C)(C)CC(C)(C)N1CC=C[C@]23S[C@H]4C=CCN(Cc5ccccc5)C(=O)[C@H]4[C@H]2C(=O)N(CCCCCCO)C3C1=O. The van der Waals surface area contributed by atoms with Crippen molar-refractivity contribution in [3.63, 3.8) is 0 Å². The molecule has 234 valence electrons. The smallest absolute Gasteiger partial charge is 0.247 e. The van der Waals surface area contributed by atoms with Gasteiger partial charge in [0.25, 0.3) is 0 Å². The molecule has 1 spiro atoms. The number of nitrogens with zero attached hydrogens (tertiary/aromatic N) is 3. The maximum absolute atomic E-state index is 14.8. The molecule has 0 bridgehead atoms. The van der Waals surface area contributed by atoms with Gasteiger partial charge >= 0.3 is 0 Å². The van der Waals surface area contributed by atoms with Gasteiger partial charge in [0.1, 0.15) is 6.04 Å². The number of aliphatic hydroxyl groups is 1. The number of unbranched alkanes of at least 4 members (excludes halogenated alkanes) is 3. The fourth-order valence-electron chi connectivity index (χ4n) is 8.06. The molecular formula is C35H49N3O4S. The zero-order chi connectivity index (χ0) is 31.0. The number of thioether (sulfide) groups is 1. The zero-order valence-electron chi connectivity index (χ0n) is 26.5. The molecule has 7 nitrogen and oxygen atoms in total. The molecule has 1 unspecified atom stereocenters. The molecule has 2 saturated heterocycles. The first-order valence-electron chi connectivity index (χ1n) is 16.0. The standard InChI is InChI=1S/C35H49N3O4S/c1-33(2,3)24-34(4,5)38-21-14-18-35-28(31(41)37(29(35)32(38)42)20-11-6-7-12-22-39)27-26(43-35)17-13-19-36(30(27)40)23-25-15-9-8-10-16-25/h8-10,13-18,26-29,39H,6-7,11-12,19-24H2,1-5H3/t26-,27+,28-,29?,35-/m0/s1. The van der Waals surface area contributed by atoms with Crippen molar-refractivity contribution in [2.75, 3.05) is 26.2 Å². The highest BCUT2D eigenvalue weighted by molar-refractivity contribution is 8.02. The van der Waals surface area contributed by atoms with E-state index in [2.05, 4.69) is 58.9 Å². The zero-order valence-corrected chi connectivity index (χ0v) is 27.3. The minimum absolute atomic E-state index is 0.000128. The van der Waals surface area contributed by atoms with Gasteiger partial charge in [-0.25, -0.2) is 0 Å². The van der Waals surface area contributed by atoms with Crippen LogP contribution in [0.5, 0.6) is 0 Å². The minimum Gasteiger partial charge on any atom is -0.396 e. The second-order valence-corrected chi connectivity index (χ2v) is 16.0. The lowest BCUT2D eigenvalue weighted by molar-refractivity contribution is -0.147. The van der Waals surface area contributed by atoms with Gasteiger partial charge < -0.3 is 19.8 Å². The Hall–Kier alpha value is -2.58. The van der Waals surface area contributed by atoms with Gasteiger partial charge in [-0.2, -0.15) is 0 Å². The lowest BCUT2D eigenvalue weighted by Gasteiger charge is -2.44. The molecule has 8 heteroatoms. The first-order valence-corrected chi connectivity index (χ1v) is 16.9. The van der Waals surface area contributed by atoms with E-state index in [1.54, 1.807) is 11.8 Å². The van der Waals surface area contributed by atoms with Crippen LogP contribution in [-0.2, 0) is 20.9 Å². The van der Waals surface area contributed by atoms with E-state index < -0.39 is 28.2 Å². The fourth-order valence-corrected chi connectivity index (χ4v) is 10.1. The van der Waals surface area contributed by atoms with E-state index in [4.69, 9.17) is 0 Å². The molecule has 1 aromatic rings. The van der Waals surface area contributed by atoms with Crippen molar-refractivity contribution in [2.45, 2.75) is 94.8 Å². The first kappa shape index (κ1) is 31.8. The molecule has 0 aromatic heterocycles. The van der Waals surface area contributed by atoms with E-state index in [-0.39, 0.29) is 35.0 Å². The largest absolute Gasteiger partial charge is 0.396 e. The Bertz CT molecular complexity index is 1260. The van der Waals surface area contributed by atoms with Crippen LogP contribution < -0.4 is 0 Å². The molecule has 43 heavy (non-hydrogen) atoms. The molecule has 0 saturated carbocycles. The number of hydrogen-bond acceptors (Lipinski definition) is 5. The molecule has 4 heterocycles. The Labute approximate surface area is 261 Å². The Morgan fingerprint density at radius 1 is 0.907 bits per heavy atom. The number of fused-ring (bicyclic) bond motifs is 2. The van der Waals surface area contributed by atoms with Gasteiger partial charge in [-0.1, -0.05) is 88.2 Å². The number of carbonyl (C=O) groups is 3. The highest BCUT2D eigenvalue weighted by Gasteiger charge is 2.71. The van der Waals surface area contributed by atoms with Gasteiger partial charge in [-0.3, -0.25) is 14.4 Å². The number of likely N-dealkylation sites (tertiary alicyclic amines) is 1. The Kier molecular flexibility index (Phi) is 9.20. The van der Waals surface area contributed by atoms with Crippen LogP contribution in [0.4, 0.5) is 0 Å². The van der Waals surface area contributed by atoms with Crippen molar-refractivity contribution in [2.24, 2.45) is 17.3 Å². The van der Waals surface area contributed by atoms with Gasteiger partial charge in [0, 0.05) is 43.6 Å². The van der Waals surface area contributed by atoms with Crippen LogP contribution in [0.1, 0.15) is 72.3 Å². The lowest BCUT2D eigenvalue weighted by Crippen LogP contribution is -2.58. The number of benzene rings is 1. The third-order valence-electron chi connectivity index (χ3n) is 9.46. The van der Waals surface area contributed by atoms with Crippen LogP contribution in [0.25, 0.3) is 0 Å². The first-order chi connectivity index (χ1) is 20.4. The van der Waals surface area contributed by atoms with Crippen LogP contribution in [0.3, 0.4) is 0 Å². The van der Waals surface area contributed by atoms with E-state index in [1.165, 1.54) is 0 Å². The summed E-state index contributed by atoms with van der Waals surface area (Å²) < 4.78 is -0.795. The summed E-state index contributed by atoms with van der Waals surface area (Å²) in [5.41, 5.74) is 0.672. The summed E-state index contributed by atoms with van der Waals surface area (Å²) in [6, 6.07) is 9.34. The summed E-state index contributed by atoms with van der Waals surface area (Å²) >= 11 is 1.66. The second kappa shape index (κ2) is 12.4. The van der Waals surface area contributed by atoms with Crippen molar-refractivity contribution >= 4 is 29.5 Å². The molecule has 2 fully saturated rings. The van der Waals surface area contributed by atoms with Crippen LogP contribution in [0, 0.1) is 17.3 Å². The highest BCUT2D eigenvalue weighted by atomic mass is 32.2. The molecule has 3 amide bonds. The lowest BCUT2D eigenvalue weighted by atomic mass is 9.77. The average Bonchev–Trinajstić information content (AvgIpc) is 3.24. The Morgan fingerprint density at radius 2 is 1.63 bits per heavy atom. The third kappa shape index (κ3) is 6.19. The summed E-state index contributed by atoms with van der Waals surface area (Å²) in [4.78, 5) is 49.4. The van der Waals surface area contributed by atoms with Crippen molar-refractivity contribution in [3.05, 3.63) is 60.2 Å². The van der Waals surface area contributed by atoms with Crippen molar-refractivity contribution in [3.8, 4) is 0 Å². The summed E-state index contributed by atoms with van der Waals surface area (Å²) in [7, 11) is 0. The fraction of sp³-hybridized carbons (Fsp3) is 0.629. The van der Waals surface area contributed by atoms with Crippen LogP contribution >= 0.6 is 11.8 Å². The normalized spacial score (nSPS) is 29.1. The summed E-state index contributed by atoms with van der Waals surface area (Å²) in [6.07, 6.45) is 12.5. The quantitative estimate of drug-likeness (QED) is 0.298. The molecule has 1 N–H and O–H groups in total. The van der Waals surface area contributed by atoms with Gasteiger partial charge in [0.05, 0.1) is 16.6 Å². The molecular weight excluding hydrogens is 558 g/mol. The summed E-state index contributed by atoms with van der Waals surface area (Å²) in [5.74, 6) is -1.19. The number of carbonyl (C=O) groups excluding carboxylic acids is 3. The maximum Gasteiger partial charge on any atom is 0.247 e. The molecule has 4 aliphatic heterocycles. The number of hydrogen-bond donors (Lipinski definition) is 1. The third-order valence-corrected chi connectivity index (χ3v) is 11.2. The van der Waals surface area contributed by atoms with Crippen LogP contribution in [0.15, 0.2) is 54.6 Å². The van der Waals surface area contributed by atoms with E-state index in [0.29, 0.717) is 26.2 Å².